The van der Waals surface area contributed by atoms with Gasteiger partial charge in [0.1, 0.15) is 0 Å². The van der Waals surface area contributed by atoms with Crippen molar-refractivity contribution in [1.82, 2.24) is 0 Å². The lowest BCUT2D eigenvalue weighted by Gasteiger charge is -2.10. The standard InChI is InChI=1S/C5H12O3/c1-4(2)8-5(7)3-6/h4-7H,3H2,1-2H3. The molecule has 1 atom stereocenters. The highest BCUT2D eigenvalue weighted by Crippen LogP contribution is 1.91. The fourth-order valence-corrected chi connectivity index (χ4v) is 0.357. The van der Waals surface area contributed by atoms with E-state index in [1.165, 1.54) is 0 Å². The molecule has 0 saturated carbocycles. The molecule has 8 heavy (non-hydrogen) atoms. The number of aliphatic hydroxyl groups is 2. The lowest BCUT2D eigenvalue weighted by atomic mass is 10.5. The van der Waals surface area contributed by atoms with Gasteiger partial charge in [-0.05, 0) is 13.8 Å². The van der Waals surface area contributed by atoms with Crippen molar-refractivity contribution in [2.45, 2.75) is 26.2 Å². The summed E-state index contributed by atoms with van der Waals surface area (Å²) >= 11 is 0. The molecular weight excluding hydrogens is 108 g/mol. The molecule has 0 aliphatic carbocycles. The Bertz CT molecular complexity index is 53.6. The van der Waals surface area contributed by atoms with E-state index in [2.05, 4.69) is 0 Å². The summed E-state index contributed by atoms with van der Waals surface area (Å²) in [6.07, 6.45) is -1.05. The Kier molecular flexibility index (Phi) is 3.77. The number of ether oxygens (including phenoxy) is 1. The number of hydrogen-bond acceptors (Lipinski definition) is 3. The molecule has 0 aromatic heterocycles. The summed E-state index contributed by atoms with van der Waals surface area (Å²) in [5, 5.41) is 16.8. The Hall–Kier alpha value is -0.120. The maximum Gasteiger partial charge on any atom is 0.178 e. The molecule has 0 saturated heterocycles. The first-order valence-corrected chi connectivity index (χ1v) is 2.61. The molecule has 0 aromatic rings. The van der Waals surface area contributed by atoms with Crippen LogP contribution in [0.4, 0.5) is 0 Å². The fourth-order valence-electron chi connectivity index (χ4n) is 0.357. The first kappa shape index (κ1) is 7.88. The van der Waals surface area contributed by atoms with Gasteiger partial charge in [-0.3, -0.25) is 0 Å². The molecule has 0 aliphatic rings. The van der Waals surface area contributed by atoms with Gasteiger partial charge in [0, 0.05) is 0 Å². The van der Waals surface area contributed by atoms with Crippen molar-refractivity contribution in [1.29, 1.82) is 0 Å². The molecule has 2 N–H and O–H groups in total. The van der Waals surface area contributed by atoms with Gasteiger partial charge in [0.2, 0.25) is 0 Å². The van der Waals surface area contributed by atoms with E-state index in [0.717, 1.165) is 0 Å². The van der Waals surface area contributed by atoms with E-state index in [-0.39, 0.29) is 12.7 Å². The van der Waals surface area contributed by atoms with E-state index in [0.29, 0.717) is 0 Å². The van der Waals surface area contributed by atoms with Crippen molar-refractivity contribution < 1.29 is 14.9 Å². The largest absolute Gasteiger partial charge is 0.391 e. The summed E-state index contributed by atoms with van der Waals surface area (Å²) in [4.78, 5) is 0. The van der Waals surface area contributed by atoms with Crippen LogP contribution in [-0.4, -0.2) is 29.2 Å². The summed E-state index contributed by atoms with van der Waals surface area (Å²) in [6, 6.07) is 0. The van der Waals surface area contributed by atoms with Crippen LogP contribution < -0.4 is 0 Å². The number of rotatable bonds is 3. The van der Waals surface area contributed by atoms with Gasteiger partial charge in [-0.2, -0.15) is 0 Å². The lowest BCUT2D eigenvalue weighted by Crippen LogP contribution is -2.20. The Labute approximate surface area is 48.9 Å². The second-order valence-corrected chi connectivity index (χ2v) is 1.82. The smallest absolute Gasteiger partial charge is 0.178 e. The van der Waals surface area contributed by atoms with Crippen LogP contribution in [0.5, 0.6) is 0 Å². The minimum atomic E-state index is -1.02. The van der Waals surface area contributed by atoms with Crippen molar-refractivity contribution >= 4 is 0 Å². The third-order valence-electron chi connectivity index (χ3n) is 0.585. The highest BCUT2D eigenvalue weighted by Gasteiger charge is 2.02. The molecule has 0 radical (unpaired) electrons. The Morgan fingerprint density at radius 2 is 2.00 bits per heavy atom. The minimum absolute atomic E-state index is 0.0304. The van der Waals surface area contributed by atoms with E-state index in [4.69, 9.17) is 14.9 Å². The van der Waals surface area contributed by atoms with Gasteiger partial charge < -0.3 is 14.9 Å². The highest BCUT2D eigenvalue weighted by molar-refractivity contribution is 4.39. The zero-order valence-electron chi connectivity index (χ0n) is 5.16. The van der Waals surface area contributed by atoms with E-state index >= 15 is 0 Å². The van der Waals surface area contributed by atoms with Gasteiger partial charge in [0.25, 0.3) is 0 Å². The van der Waals surface area contributed by atoms with Gasteiger partial charge in [0.15, 0.2) is 6.29 Å². The van der Waals surface area contributed by atoms with Crippen LogP contribution in [0.1, 0.15) is 13.8 Å². The van der Waals surface area contributed by atoms with E-state index in [1.807, 2.05) is 0 Å². The molecule has 0 spiro atoms. The van der Waals surface area contributed by atoms with Crippen LogP contribution in [0.2, 0.25) is 0 Å². The predicted octanol–water partition coefficient (Wildman–Crippen LogP) is -0.278. The van der Waals surface area contributed by atoms with Crippen molar-refractivity contribution in [3.8, 4) is 0 Å². The summed E-state index contributed by atoms with van der Waals surface area (Å²) < 4.78 is 4.70. The van der Waals surface area contributed by atoms with Crippen LogP contribution in [0.15, 0.2) is 0 Å². The van der Waals surface area contributed by atoms with Gasteiger partial charge in [-0.15, -0.1) is 0 Å². The maximum absolute atomic E-state index is 8.56. The summed E-state index contributed by atoms with van der Waals surface area (Å²) in [5.41, 5.74) is 0. The highest BCUT2D eigenvalue weighted by atomic mass is 16.6. The molecule has 0 fully saturated rings. The zero-order valence-corrected chi connectivity index (χ0v) is 5.16. The van der Waals surface area contributed by atoms with Crippen LogP contribution in [0.25, 0.3) is 0 Å². The van der Waals surface area contributed by atoms with Crippen LogP contribution in [0, 0.1) is 0 Å². The van der Waals surface area contributed by atoms with Crippen LogP contribution in [-0.2, 0) is 4.74 Å². The van der Waals surface area contributed by atoms with Gasteiger partial charge in [-0.1, -0.05) is 0 Å². The summed E-state index contributed by atoms with van der Waals surface area (Å²) in [7, 11) is 0. The second-order valence-electron chi connectivity index (χ2n) is 1.82. The molecule has 0 aliphatic heterocycles. The predicted molar refractivity (Wildman–Crippen MR) is 29.3 cm³/mol. The number of hydrogen-bond donors (Lipinski definition) is 2. The second kappa shape index (κ2) is 3.83. The average molecular weight is 120 g/mol. The summed E-state index contributed by atoms with van der Waals surface area (Å²) in [6.45, 7) is 3.25. The zero-order chi connectivity index (χ0) is 6.57. The first-order valence-electron chi connectivity index (χ1n) is 2.61. The quantitative estimate of drug-likeness (QED) is 0.504. The summed E-state index contributed by atoms with van der Waals surface area (Å²) in [5.74, 6) is 0. The first-order chi connectivity index (χ1) is 3.66. The molecule has 0 rings (SSSR count). The average Bonchev–Trinajstić information content (AvgIpc) is 1.65. The Morgan fingerprint density at radius 1 is 1.50 bits per heavy atom. The number of aliphatic hydroxyl groups excluding tert-OH is 2. The molecule has 0 bridgehead atoms. The van der Waals surface area contributed by atoms with Crippen molar-refractivity contribution in [2.75, 3.05) is 6.61 Å². The monoisotopic (exact) mass is 120 g/mol. The molecule has 0 heterocycles. The molecule has 0 aromatic carbocycles. The minimum Gasteiger partial charge on any atom is -0.391 e. The van der Waals surface area contributed by atoms with E-state index in [9.17, 15) is 0 Å². The molecule has 3 nitrogen and oxygen atoms in total. The van der Waals surface area contributed by atoms with Crippen LogP contribution in [0.3, 0.4) is 0 Å². The molecule has 1 unspecified atom stereocenters. The Morgan fingerprint density at radius 3 is 2.12 bits per heavy atom. The lowest BCUT2D eigenvalue weighted by molar-refractivity contribution is -0.146. The third-order valence-corrected chi connectivity index (χ3v) is 0.585. The van der Waals surface area contributed by atoms with Gasteiger partial charge in [-0.25, -0.2) is 0 Å². The Balaban J connectivity index is 3.10. The molecule has 0 amide bonds. The third kappa shape index (κ3) is 4.05. The van der Waals surface area contributed by atoms with Crippen molar-refractivity contribution in [3.05, 3.63) is 0 Å². The maximum atomic E-state index is 8.56. The van der Waals surface area contributed by atoms with E-state index < -0.39 is 6.29 Å². The van der Waals surface area contributed by atoms with E-state index in [1.54, 1.807) is 13.8 Å². The molecular formula is C5H12O3. The van der Waals surface area contributed by atoms with Crippen molar-refractivity contribution in [3.63, 3.8) is 0 Å². The van der Waals surface area contributed by atoms with Gasteiger partial charge >= 0.3 is 0 Å². The van der Waals surface area contributed by atoms with Crippen LogP contribution >= 0.6 is 0 Å². The van der Waals surface area contributed by atoms with Crippen molar-refractivity contribution in [2.24, 2.45) is 0 Å². The topological polar surface area (TPSA) is 49.7 Å². The van der Waals surface area contributed by atoms with Gasteiger partial charge in [0.05, 0.1) is 12.7 Å². The molecule has 50 valence electrons. The SMILES string of the molecule is CC(C)OC(O)CO. The molecule has 3 heteroatoms. The normalized spacial score (nSPS) is 14.6. The fraction of sp³-hybridized carbons (Fsp3) is 1.00.